The molecule has 1 unspecified atom stereocenters. The monoisotopic (exact) mass is 304 g/mol. The van der Waals surface area contributed by atoms with E-state index in [-0.39, 0.29) is 0 Å². The Morgan fingerprint density at radius 1 is 0.636 bits per heavy atom. The van der Waals surface area contributed by atoms with Crippen LogP contribution in [0, 0.1) is 0 Å². The SMILES string of the molecule is c1ccc2c(c1)Cc1cccc3c1P(O2)Oc1ccccc1-3. The van der Waals surface area contributed by atoms with E-state index in [0.717, 1.165) is 23.5 Å². The highest BCUT2D eigenvalue weighted by molar-refractivity contribution is 7.57. The van der Waals surface area contributed by atoms with E-state index in [2.05, 4.69) is 42.5 Å². The summed E-state index contributed by atoms with van der Waals surface area (Å²) in [6, 6.07) is 23.0. The lowest BCUT2D eigenvalue weighted by Gasteiger charge is -2.27. The molecular weight excluding hydrogens is 291 g/mol. The fraction of sp³-hybridized carbons (Fsp3) is 0.0526. The number of para-hydroxylation sites is 2. The summed E-state index contributed by atoms with van der Waals surface area (Å²) < 4.78 is 12.5. The molecule has 2 aliphatic rings. The van der Waals surface area contributed by atoms with Gasteiger partial charge in [0, 0.05) is 17.5 Å². The van der Waals surface area contributed by atoms with Crippen molar-refractivity contribution in [3.8, 4) is 22.6 Å². The summed E-state index contributed by atoms with van der Waals surface area (Å²) in [5.41, 5.74) is 4.94. The zero-order valence-electron chi connectivity index (χ0n) is 11.8. The van der Waals surface area contributed by atoms with Gasteiger partial charge in [-0.25, -0.2) is 0 Å². The molecule has 0 radical (unpaired) electrons. The number of hydrogen-bond acceptors (Lipinski definition) is 2. The van der Waals surface area contributed by atoms with Crippen molar-refractivity contribution in [2.24, 2.45) is 0 Å². The Bertz CT molecular complexity index is 888. The number of fused-ring (bicyclic) bond motifs is 3. The molecule has 0 saturated heterocycles. The van der Waals surface area contributed by atoms with Crippen LogP contribution in [-0.2, 0) is 6.42 Å². The van der Waals surface area contributed by atoms with Crippen LogP contribution in [0.25, 0.3) is 11.1 Å². The smallest absolute Gasteiger partial charge is 0.327 e. The molecule has 0 saturated carbocycles. The first-order valence-electron chi connectivity index (χ1n) is 7.35. The molecule has 2 nitrogen and oxygen atoms in total. The van der Waals surface area contributed by atoms with E-state index in [1.165, 1.54) is 22.0 Å². The van der Waals surface area contributed by atoms with Crippen LogP contribution in [0.3, 0.4) is 0 Å². The highest BCUT2D eigenvalue weighted by Gasteiger charge is 2.34. The van der Waals surface area contributed by atoms with E-state index in [1.807, 2.05) is 24.3 Å². The second-order valence-electron chi connectivity index (χ2n) is 5.53. The Kier molecular flexibility index (Phi) is 2.56. The zero-order chi connectivity index (χ0) is 14.5. The molecule has 2 aliphatic heterocycles. The summed E-state index contributed by atoms with van der Waals surface area (Å²) in [5, 5.41) is 1.23. The zero-order valence-corrected chi connectivity index (χ0v) is 12.7. The van der Waals surface area contributed by atoms with E-state index < -0.39 is 8.38 Å². The Balaban J connectivity index is 1.78. The summed E-state index contributed by atoms with van der Waals surface area (Å²) in [5.74, 6) is 1.85. The van der Waals surface area contributed by atoms with Crippen molar-refractivity contribution in [3.05, 3.63) is 77.9 Å². The maximum Gasteiger partial charge on any atom is 0.327 e. The first-order valence-corrected chi connectivity index (χ1v) is 8.53. The van der Waals surface area contributed by atoms with Gasteiger partial charge < -0.3 is 9.05 Å². The molecule has 0 aliphatic carbocycles. The Morgan fingerprint density at radius 2 is 1.32 bits per heavy atom. The van der Waals surface area contributed by atoms with Crippen LogP contribution < -0.4 is 14.4 Å². The number of benzene rings is 3. The van der Waals surface area contributed by atoms with Gasteiger partial charge in [0.15, 0.2) is 0 Å². The van der Waals surface area contributed by atoms with Crippen molar-refractivity contribution in [2.75, 3.05) is 0 Å². The minimum Gasteiger partial charge on any atom is -0.435 e. The van der Waals surface area contributed by atoms with Crippen LogP contribution in [0.2, 0.25) is 0 Å². The van der Waals surface area contributed by atoms with Gasteiger partial charge in [-0.15, -0.1) is 0 Å². The first kappa shape index (κ1) is 12.3. The van der Waals surface area contributed by atoms with Gasteiger partial charge in [0.25, 0.3) is 0 Å². The van der Waals surface area contributed by atoms with Gasteiger partial charge in [-0.1, -0.05) is 54.6 Å². The molecule has 0 aromatic heterocycles. The van der Waals surface area contributed by atoms with E-state index in [0.29, 0.717) is 0 Å². The van der Waals surface area contributed by atoms with Gasteiger partial charge in [0.2, 0.25) is 0 Å². The predicted molar refractivity (Wildman–Crippen MR) is 88.9 cm³/mol. The molecule has 22 heavy (non-hydrogen) atoms. The Morgan fingerprint density at radius 3 is 2.27 bits per heavy atom. The van der Waals surface area contributed by atoms with Crippen molar-refractivity contribution in [3.63, 3.8) is 0 Å². The molecule has 2 heterocycles. The van der Waals surface area contributed by atoms with Gasteiger partial charge in [-0.2, -0.15) is 0 Å². The quantitative estimate of drug-likeness (QED) is 0.562. The lowest BCUT2D eigenvalue weighted by Crippen LogP contribution is -2.19. The molecule has 106 valence electrons. The Labute approximate surface area is 130 Å². The molecule has 0 fully saturated rings. The van der Waals surface area contributed by atoms with Gasteiger partial charge in [-0.3, -0.25) is 0 Å². The van der Waals surface area contributed by atoms with Crippen LogP contribution >= 0.6 is 8.38 Å². The van der Waals surface area contributed by atoms with Crippen molar-refractivity contribution in [1.82, 2.24) is 0 Å². The predicted octanol–water partition coefficient (Wildman–Crippen LogP) is 4.67. The van der Waals surface area contributed by atoms with Gasteiger partial charge in [0.05, 0.1) is 5.30 Å². The molecule has 3 heteroatoms. The molecular formula is C19H13O2P. The summed E-state index contributed by atoms with van der Waals surface area (Å²) in [6.07, 6.45) is 0.893. The molecule has 0 bridgehead atoms. The van der Waals surface area contributed by atoms with Gasteiger partial charge in [-0.05, 0) is 23.3 Å². The topological polar surface area (TPSA) is 18.5 Å². The highest BCUT2D eigenvalue weighted by atomic mass is 31.2. The van der Waals surface area contributed by atoms with Crippen LogP contribution in [-0.4, -0.2) is 0 Å². The molecule has 0 N–H and O–H groups in total. The van der Waals surface area contributed by atoms with Crippen LogP contribution in [0.15, 0.2) is 66.7 Å². The minimum absolute atomic E-state index is 0.893. The fourth-order valence-corrected chi connectivity index (χ4v) is 4.86. The summed E-state index contributed by atoms with van der Waals surface area (Å²) >= 11 is 0. The normalized spacial score (nSPS) is 17.2. The maximum absolute atomic E-state index is 6.26. The van der Waals surface area contributed by atoms with Gasteiger partial charge >= 0.3 is 8.38 Å². The third-order valence-electron chi connectivity index (χ3n) is 4.20. The van der Waals surface area contributed by atoms with E-state index >= 15 is 0 Å². The largest absolute Gasteiger partial charge is 0.435 e. The van der Waals surface area contributed by atoms with Crippen molar-refractivity contribution < 1.29 is 9.05 Å². The average molecular weight is 304 g/mol. The molecule has 3 aromatic rings. The van der Waals surface area contributed by atoms with E-state index in [4.69, 9.17) is 9.05 Å². The van der Waals surface area contributed by atoms with Crippen molar-refractivity contribution in [1.29, 1.82) is 0 Å². The number of hydrogen-bond donors (Lipinski definition) is 0. The van der Waals surface area contributed by atoms with Crippen LogP contribution in [0.5, 0.6) is 11.5 Å². The third-order valence-corrected chi connectivity index (χ3v) is 5.81. The maximum atomic E-state index is 6.26. The number of rotatable bonds is 0. The summed E-state index contributed by atoms with van der Waals surface area (Å²) in [7, 11) is -1.12. The van der Waals surface area contributed by atoms with Crippen LogP contribution in [0.1, 0.15) is 11.1 Å². The third kappa shape index (κ3) is 1.71. The Hall–Kier alpha value is -2.31. The molecule has 0 spiro atoms. The van der Waals surface area contributed by atoms with Gasteiger partial charge in [0.1, 0.15) is 11.5 Å². The second kappa shape index (κ2) is 4.59. The molecule has 1 atom stereocenters. The highest BCUT2D eigenvalue weighted by Crippen LogP contribution is 2.52. The molecule has 3 aromatic carbocycles. The molecule has 0 amide bonds. The van der Waals surface area contributed by atoms with E-state index in [9.17, 15) is 0 Å². The minimum atomic E-state index is -1.12. The standard InChI is InChI=1S/C19H13O2P/c1-3-10-17-13(6-1)12-14-7-5-9-16-15-8-2-4-11-18(15)21-22(20-17)19(14)16/h1-11H,12H2. The lowest BCUT2D eigenvalue weighted by atomic mass is 9.98. The second-order valence-corrected chi connectivity index (χ2v) is 6.86. The average Bonchev–Trinajstić information content (AvgIpc) is 2.72. The van der Waals surface area contributed by atoms with E-state index in [1.54, 1.807) is 0 Å². The van der Waals surface area contributed by atoms with Crippen molar-refractivity contribution >= 4 is 13.7 Å². The lowest BCUT2D eigenvalue weighted by molar-refractivity contribution is 0.500. The summed E-state index contributed by atoms with van der Waals surface area (Å²) in [6.45, 7) is 0. The fourth-order valence-electron chi connectivity index (χ4n) is 3.17. The van der Waals surface area contributed by atoms with Crippen LogP contribution in [0.4, 0.5) is 0 Å². The summed E-state index contributed by atoms with van der Waals surface area (Å²) in [4.78, 5) is 0. The molecule has 5 rings (SSSR count). The van der Waals surface area contributed by atoms with Crippen molar-refractivity contribution in [2.45, 2.75) is 6.42 Å². The first-order chi connectivity index (χ1) is 10.9.